The minimum atomic E-state index is -4.38. The van der Waals surface area contributed by atoms with Crippen LogP contribution in [-0.2, 0) is 12.6 Å². The molecule has 0 radical (unpaired) electrons. The maximum absolute atomic E-state index is 12.7. The predicted molar refractivity (Wildman–Crippen MR) is 72.6 cm³/mol. The van der Waals surface area contributed by atoms with Crippen molar-refractivity contribution in [3.63, 3.8) is 0 Å². The molecule has 0 aliphatic rings. The van der Waals surface area contributed by atoms with Crippen LogP contribution in [0.15, 0.2) is 42.6 Å². The predicted octanol–water partition coefficient (Wildman–Crippen LogP) is 3.15. The highest BCUT2D eigenvalue weighted by molar-refractivity contribution is 5.74. The molecule has 0 N–H and O–H groups in total. The Bertz CT molecular complexity index is 839. The van der Waals surface area contributed by atoms with Crippen LogP contribution in [0.4, 0.5) is 13.2 Å². The summed E-state index contributed by atoms with van der Waals surface area (Å²) in [5.41, 5.74) is 0.748. The Hall–Kier alpha value is -2.70. The average molecular weight is 305 g/mol. The number of carbonyl (C=O) groups excluding carboxylic acids is 1. The zero-order valence-corrected chi connectivity index (χ0v) is 11.2. The molecule has 0 fully saturated rings. The Morgan fingerprint density at radius 1 is 1.14 bits per heavy atom. The minimum absolute atomic E-state index is 0.188. The number of rotatable bonds is 3. The van der Waals surface area contributed by atoms with Gasteiger partial charge in [-0.3, -0.25) is 9.20 Å². The number of benzene rings is 1. The number of carbonyl (C=O) groups is 1. The second-order valence-electron chi connectivity index (χ2n) is 4.80. The van der Waals surface area contributed by atoms with Crippen molar-refractivity contribution in [2.45, 2.75) is 12.6 Å². The van der Waals surface area contributed by atoms with Crippen LogP contribution < -0.4 is 0 Å². The third-order valence-corrected chi connectivity index (χ3v) is 3.25. The third kappa shape index (κ3) is 2.69. The van der Waals surface area contributed by atoms with Gasteiger partial charge >= 0.3 is 6.18 Å². The number of aromatic nitrogens is 3. The minimum Gasteiger partial charge on any atom is -0.298 e. The van der Waals surface area contributed by atoms with E-state index in [4.69, 9.17) is 0 Å². The second-order valence-corrected chi connectivity index (χ2v) is 4.80. The van der Waals surface area contributed by atoms with Crippen LogP contribution in [0.1, 0.15) is 27.3 Å². The van der Waals surface area contributed by atoms with Crippen molar-refractivity contribution in [2.24, 2.45) is 0 Å². The number of hydrogen-bond donors (Lipinski definition) is 0. The van der Waals surface area contributed by atoms with Crippen molar-refractivity contribution in [1.82, 2.24) is 14.6 Å². The maximum atomic E-state index is 12.7. The maximum Gasteiger partial charge on any atom is 0.416 e. The molecule has 3 rings (SSSR count). The van der Waals surface area contributed by atoms with Crippen LogP contribution >= 0.6 is 0 Å². The van der Waals surface area contributed by atoms with E-state index in [1.165, 1.54) is 6.07 Å². The first kappa shape index (κ1) is 14.2. The Morgan fingerprint density at radius 3 is 2.68 bits per heavy atom. The van der Waals surface area contributed by atoms with E-state index in [1.807, 2.05) is 0 Å². The Morgan fingerprint density at radius 2 is 1.95 bits per heavy atom. The summed E-state index contributed by atoms with van der Waals surface area (Å²) in [6.45, 7) is 0. The molecule has 3 aromatic rings. The molecule has 0 saturated heterocycles. The first-order chi connectivity index (χ1) is 10.5. The van der Waals surface area contributed by atoms with Gasteiger partial charge in [-0.1, -0.05) is 18.2 Å². The molecule has 0 bridgehead atoms. The first-order valence-corrected chi connectivity index (χ1v) is 6.42. The van der Waals surface area contributed by atoms with Gasteiger partial charge in [-0.2, -0.15) is 13.2 Å². The summed E-state index contributed by atoms with van der Waals surface area (Å²) in [5, 5.41) is 7.91. The van der Waals surface area contributed by atoms with Crippen molar-refractivity contribution >= 4 is 11.9 Å². The van der Waals surface area contributed by atoms with Gasteiger partial charge in [0.25, 0.3) is 0 Å². The topological polar surface area (TPSA) is 47.3 Å². The average Bonchev–Trinajstić information content (AvgIpc) is 2.89. The number of hydrogen-bond acceptors (Lipinski definition) is 3. The van der Waals surface area contributed by atoms with Gasteiger partial charge in [0.1, 0.15) is 5.82 Å². The lowest BCUT2D eigenvalue weighted by Gasteiger charge is -2.08. The van der Waals surface area contributed by atoms with Crippen LogP contribution in [0.25, 0.3) is 5.65 Å². The van der Waals surface area contributed by atoms with Crippen molar-refractivity contribution in [1.29, 1.82) is 0 Å². The first-order valence-electron chi connectivity index (χ1n) is 6.42. The quantitative estimate of drug-likeness (QED) is 0.698. The molecule has 22 heavy (non-hydrogen) atoms. The fourth-order valence-corrected chi connectivity index (χ4v) is 2.19. The lowest BCUT2D eigenvalue weighted by Crippen LogP contribution is -2.06. The molecule has 7 heteroatoms. The lowest BCUT2D eigenvalue weighted by molar-refractivity contribution is -0.137. The molecule has 2 aromatic heterocycles. The standard InChI is InChI=1S/C15H10F3N3O/c16-15(17,18)12-3-1-2-10(6-12)7-14-20-19-13-5-4-11(9-22)8-21(13)14/h1-6,8-9H,7H2. The van der Waals surface area contributed by atoms with Gasteiger partial charge in [-0.05, 0) is 23.8 Å². The number of alkyl halides is 3. The fraction of sp³-hybridized carbons (Fsp3) is 0.133. The van der Waals surface area contributed by atoms with E-state index in [-0.39, 0.29) is 6.42 Å². The molecular formula is C15H10F3N3O. The van der Waals surface area contributed by atoms with Crippen LogP contribution in [0.2, 0.25) is 0 Å². The Kier molecular flexibility index (Phi) is 3.40. The Labute approximate surface area is 123 Å². The van der Waals surface area contributed by atoms with E-state index in [0.717, 1.165) is 12.1 Å². The SMILES string of the molecule is O=Cc1ccc2nnc(Cc3cccc(C(F)(F)F)c3)n2c1. The van der Waals surface area contributed by atoms with Crippen molar-refractivity contribution < 1.29 is 18.0 Å². The van der Waals surface area contributed by atoms with Gasteiger partial charge in [0, 0.05) is 18.2 Å². The summed E-state index contributed by atoms with van der Waals surface area (Å²) in [6, 6.07) is 8.30. The molecule has 0 aliphatic heterocycles. The highest BCUT2D eigenvalue weighted by atomic mass is 19.4. The summed E-state index contributed by atoms with van der Waals surface area (Å²) < 4.78 is 39.8. The lowest BCUT2D eigenvalue weighted by atomic mass is 10.1. The van der Waals surface area contributed by atoms with Gasteiger partial charge in [0.05, 0.1) is 5.56 Å². The summed E-state index contributed by atoms with van der Waals surface area (Å²) in [4.78, 5) is 10.8. The third-order valence-electron chi connectivity index (χ3n) is 3.25. The van der Waals surface area contributed by atoms with Crippen LogP contribution in [0.5, 0.6) is 0 Å². The smallest absolute Gasteiger partial charge is 0.298 e. The van der Waals surface area contributed by atoms with Crippen LogP contribution in [-0.4, -0.2) is 20.9 Å². The molecule has 2 heterocycles. The molecule has 0 unspecified atom stereocenters. The van der Waals surface area contributed by atoms with Gasteiger partial charge in [-0.15, -0.1) is 10.2 Å². The van der Waals surface area contributed by atoms with E-state index in [0.29, 0.717) is 28.9 Å². The van der Waals surface area contributed by atoms with Gasteiger partial charge in [0.2, 0.25) is 0 Å². The number of nitrogens with zero attached hydrogens (tertiary/aromatic N) is 3. The fourth-order valence-electron chi connectivity index (χ4n) is 2.19. The van der Waals surface area contributed by atoms with Gasteiger partial charge in [0.15, 0.2) is 11.9 Å². The van der Waals surface area contributed by atoms with Gasteiger partial charge < -0.3 is 0 Å². The zero-order chi connectivity index (χ0) is 15.7. The molecule has 0 aliphatic carbocycles. The number of aldehydes is 1. The Balaban J connectivity index is 1.98. The zero-order valence-electron chi connectivity index (χ0n) is 11.2. The monoisotopic (exact) mass is 305 g/mol. The second kappa shape index (κ2) is 5.25. The van der Waals surface area contributed by atoms with E-state index in [9.17, 15) is 18.0 Å². The normalized spacial score (nSPS) is 11.8. The molecule has 0 amide bonds. The summed E-state index contributed by atoms with van der Waals surface area (Å²) >= 11 is 0. The molecular weight excluding hydrogens is 295 g/mol. The van der Waals surface area contributed by atoms with Crippen molar-refractivity contribution in [3.05, 3.63) is 65.1 Å². The highest BCUT2D eigenvalue weighted by Gasteiger charge is 2.30. The van der Waals surface area contributed by atoms with E-state index in [2.05, 4.69) is 10.2 Å². The molecule has 4 nitrogen and oxygen atoms in total. The molecule has 0 spiro atoms. The highest BCUT2D eigenvalue weighted by Crippen LogP contribution is 2.29. The van der Waals surface area contributed by atoms with Crippen molar-refractivity contribution in [3.8, 4) is 0 Å². The summed E-state index contributed by atoms with van der Waals surface area (Å²) in [7, 11) is 0. The van der Waals surface area contributed by atoms with Crippen LogP contribution in [0.3, 0.4) is 0 Å². The van der Waals surface area contributed by atoms with E-state index in [1.54, 1.807) is 28.8 Å². The number of fused-ring (bicyclic) bond motifs is 1. The number of halogens is 3. The van der Waals surface area contributed by atoms with E-state index < -0.39 is 11.7 Å². The molecule has 0 saturated carbocycles. The molecule has 0 atom stereocenters. The molecule has 112 valence electrons. The largest absolute Gasteiger partial charge is 0.416 e. The summed E-state index contributed by atoms with van der Waals surface area (Å²) in [5.74, 6) is 0.470. The molecule has 1 aromatic carbocycles. The van der Waals surface area contributed by atoms with E-state index >= 15 is 0 Å². The van der Waals surface area contributed by atoms with Crippen LogP contribution in [0, 0.1) is 0 Å². The van der Waals surface area contributed by atoms with Crippen molar-refractivity contribution in [2.75, 3.05) is 0 Å². The summed E-state index contributed by atoms with van der Waals surface area (Å²) in [6.07, 6.45) is -1.94. The van der Waals surface area contributed by atoms with Gasteiger partial charge in [-0.25, -0.2) is 0 Å². The number of pyridine rings is 1.